The van der Waals surface area contributed by atoms with Gasteiger partial charge in [-0.3, -0.25) is 9.59 Å². The molecule has 0 aliphatic carbocycles. The third kappa shape index (κ3) is 6.05. The van der Waals surface area contributed by atoms with E-state index in [2.05, 4.69) is 22.0 Å². The van der Waals surface area contributed by atoms with Crippen molar-refractivity contribution in [2.75, 3.05) is 16.4 Å². The number of carbonyl (C=O) groups excluding carboxylic acids is 2. The summed E-state index contributed by atoms with van der Waals surface area (Å²) in [6, 6.07) is 23.8. The number of para-hydroxylation sites is 1. The first kappa shape index (κ1) is 27.3. The summed E-state index contributed by atoms with van der Waals surface area (Å²) in [4.78, 5) is 26.3. The fourth-order valence-corrected chi connectivity index (χ4v) is 5.45. The van der Waals surface area contributed by atoms with E-state index in [1.54, 1.807) is 55.5 Å². The lowest BCUT2D eigenvalue weighted by molar-refractivity contribution is -0.114. The maximum atomic E-state index is 13.5. The Labute approximate surface area is 235 Å². The topological polar surface area (TPSA) is 94.0 Å². The van der Waals surface area contributed by atoms with Crippen LogP contribution in [0, 0.1) is 18.3 Å². The number of hydrogen-bond acceptors (Lipinski definition) is 5. The molecule has 0 fully saturated rings. The molecule has 3 N–H and O–H groups in total. The second-order valence-electron chi connectivity index (χ2n) is 8.54. The van der Waals surface area contributed by atoms with Crippen molar-refractivity contribution < 1.29 is 9.59 Å². The molecule has 3 aromatic rings. The zero-order valence-electron chi connectivity index (χ0n) is 20.6. The second-order valence-corrected chi connectivity index (χ2v) is 10.3. The number of anilines is 2. The molecule has 0 spiro atoms. The molecular formula is C29H24Cl2N4O2S. The van der Waals surface area contributed by atoms with E-state index in [0.717, 1.165) is 5.56 Å². The van der Waals surface area contributed by atoms with Crippen molar-refractivity contribution in [1.82, 2.24) is 5.32 Å². The molecule has 0 aromatic heterocycles. The Hall–Kier alpha value is -3.70. The molecule has 0 bridgehead atoms. The zero-order chi connectivity index (χ0) is 27.2. The van der Waals surface area contributed by atoms with Crippen LogP contribution < -0.4 is 16.0 Å². The van der Waals surface area contributed by atoms with Crippen molar-refractivity contribution >= 4 is 58.2 Å². The van der Waals surface area contributed by atoms with Crippen LogP contribution in [0.25, 0.3) is 0 Å². The number of thioether (sulfide) groups is 1. The van der Waals surface area contributed by atoms with Gasteiger partial charge < -0.3 is 16.0 Å². The Balaban J connectivity index is 1.64. The molecule has 38 heavy (non-hydrogen) atoms. The summed E-state index contributed by atoms with van der Waals surface area (Å²) in [5, 5.41) is 20.7. The van der Waals surface area contributed by atoms with Gasteiger partial charge in [0.15, 0.2) is 0 Å². The van der Waals surface area contributed by atoms with E-state index in [1.165, 1.54) is 11.8 Å². The third-order valence-corrected chi connectivity index (χ3v) is 7.80. The highest BCUT2D eigenvalue weighted by molar-refractivity contribution is 8.03. The molecule has 1 atom stereocenters. The number of nitrogens with zero attached hydrogens (tertiary/aromatic N) is 1. The highest BCUT2D eigenvalue weighted by Crippen LogP contribution is 2.43. The molecule has 0 saturated heterocycles. The molecule has 1 heterocycles. The minimum atomic E-state index is -0.723. The van der Waals surface area contributed by atoms with Gasteiger partial charge in [0.25, 0.3) is 5.91 Å². The average molecular weight is 564 g/mol. The summed E-state index contributed by atoms with van der Waals surface area (Å²) in [6.07, 6.45) is 0. The van der Waals surface area contributed by atoms with Crippen molar-refractivity contribution in [3.8, 4) is 6.07 Å². The highest BCUT2D eigenvalue weighted by atomic mass is 35.5. The predicted octanol–water partition coefficient (Wildman–Crippen LogP) is 7.01. The van der Waals surface area contributed by atoms with Gasteiger partial charge in [0.1, 0.15) is 0 Å². The molecule has 192 valence electrons. The first-order valence-corrected chi connectivity index (χ1v) is 13.4. The molecular weight excluding hydrogens is 539 g/mol. The molecule has 2 amide bonds. The molecule has 3 aromatic carbocycles. The molecule has 0 radical (unpaired) electrons. The smallest absolute Gasteiger partial charge is 0.254 e. The van der Waals surface area contributed by atoms with E-state index in [1.807, 2.05) is 31.2 Å². The molecule has 4 rings (SSSR count). The first-order valence-electron chi connectivity index (χ1n) is 11.7. The van der Waals surface area contributed by atoms with Crippen LogP contribution in [0.2, 0.25) is 10.0 Å². The van der Waals surface area contributed by atoms with Gasteiger partial charge in [-0.1, -0.05) is 77.4 Å². The number of allylic oxidation sites excluding steroid dienone is 2. The summed E-state index contributed by atoms with van der Waals surface area (Å²) >= 11 is 13.9. The highest BCUT2D eigenvalue weighted by Gasteiger charge is 2.36. The summed E-state index contributed by atoms with van der Waals surface area (Å²) < 4.78 is 0. The molecule has 6 nitrogen and oxygen atoms in total. The van der Waals surface area contributed by atoms with Crippen LogP contribution in [-0.4, -0.2) is 17.6 Å². The number of rotatable bonds is 7. The van der Waals surface area contributed by atoms with Crippen LogP contribution in [0.15, 0.2) is 94.7 Å². The van der Waals surface area contributed by atoms with Crippen LogP contribution in [0.4, 0.5) is 11.4 Å². The van der Waals surface area contributed by atoms with Gasteiger partial charge in [0.2, 0.25) is 5.91 Å². The lowest BCUT2D eigenvalue weighted by Gasteiger charge is -2.30. The van der Waals surface area contributed by atoms with Crippen LogP contribution in [0.3, 0.4) is 0 Å². The van der Waals surface area contributed by atoms with Crippen molar-refractivity contribution in [3.05, 3.63) is 116 Å². The van der Waals surface area contributed by atoms with Gasteiger partial charge >= 0.3 is 0 Å². The molecule has 0 unspecified atom stereocenters. The fraction of sp³-hybridized carbons (Fsp3) is 0.138. The maximum absolute atomic E-state index is 13.5. The van der Waals surface area contributed by atoms with Gasteiger partial charge in [-0.2, -0.15) is 5.26 Å². The van der Waals surface area contributed by atoms with Crippen LogP contribution in [0.1, 0.15) is 24.0 Å². The van der Waals surface area contributed by atoms with Gasteiger partial charge in [-0.25, -0.2) is 0 Å². The van der Waals surface area contributed by atoms with Crippen molar-refractivity contribution in [2.45, 2.75) is 19.8 Å². The fourth-order valence-electron chi connectivity index (χ4n) is 4.13. The van der Waals surface area contributed by atoms with Gasteiger partial charge in [0, 0.05) is 32.7 Å². The van der Waals surface area contributed by atoms with E-state index in [4.69, 9.17) is 23.2 Å². The quantitative estimate of drug-likeness (QED) is 0.288. The van der Waals surface area contributed by atoms with Crippen LogP contribution in [-0.2, 0) is 9.59 Å². The van der Waals surface area contributed by atoms with Gasteiger partial charge in [-0.15, -0.1) is 0 Å². The van der Waals surface area contributed by atoms with Crippen molar-refractivity contribution in [1.29, 1.82) is 5.26 Å². The monoisotopic (exact) mass is 562 g/mol. The molecule has 9 heteroatoms. The van der Waals surface area contributed by atoms with E-state index in [0.29, 0.717) is 48.9 Å². The van der Waals surface area contributed by atoms with Crippen molar-refractivity contribution in [3.63, 3.8) is 0 Å². The SMILES string of the molecule is CC1=C(C(=O)Nc2ccccc2)[C@H](c2ccccc2Cl)C(C#N)=C(SCC(=O)Nc2cccc(Cl)c2C)N1. The predicted molar refractivity (Wildman–Crippen MR) is 155 cm³/mol. The standard InChI is InChI=1S/C29H24Cl2N4O2S/c1-17-22(30)13-8-14-24(17)35-25(36)16-38-29-21(15-32)27(20-11-6-7-12-23(20)31)26(18(2)33-29)28(37)34-19-9-4-3-5-10-19/h3-14,27,33H,16H2,1-2H3,(H,34,37)(H,35,36)/t27-/m1/s1. The molecule has 1 aliphatic rings. The van der Waals surface area contributed by atoms with Crippen molar-refractivity contribution in [2.24, 2.45) is 0 Å². The second kappa shape index (κ2) is 12.2. The summed E-state index contributed by atoms with van der Waals surface area (Å²) in [5.41, 5.74) is 3.90. The first-order chi connectivity index (χ1) is 18.3. The van der Waals surface area contributed by atoms with E-state index in [-0.39, 0.29) is 17.6 Å². The zero-order valence-corrected chi connectivity index (χ0v) is 23.0. The Morgan fingerprint density at radius 3 is 2.34 bits per heavy atom. The number of nitriles is 1. The number of dihydropyridines is 1. The normalized spacial score (nSPS) is 15.0. The summed E-state index contributed by atoms with van der Waals surface area (Å²) in [7, 11) is 0. The number of amides is 2. The van der Waals surface area contributed by atoms with E-state index >= 15 is 0 Å². The summed E-state index contributed by atoms with van der Waals surface area (Å²) in [5.74, 6) is -1.29. The summed E-state index contributed by atoms with van der Waals surface area (Å²) in [6.45, 7) is 3.60. The van der Waals surface area contributed by atoms with Gasteiger partial charge in [0.05, 0.1) is 28.3 Å². The molecule has 0 saturated carbocycles. The average Bonchev–Trinajstić information content (AvgIpc) is 2.90. The van der Waals surface area contributed by atoms with E-state index < -0.39 is 5.92 Å². The largest absolute Gasteiger partial charge is 0.353 e. The Kier molecular flexibility index (Phi) is 8.80. The van der Waals surface area contributed by atoms with Crippen LogP contribution >= 0.6 is 35.0 Å². The number of hydrogen-bond donors (Lipinski definition) is 3. The number of benzene rings is 3. The minimum absolute atomic E-state index is 0.0353. The van der Waals surface area contributed by atoms with Gasteiger partial charge in [-0.05, 0) is 55.3 Å². The number of halogens is 2. The molecule has 1 aliphatic heterocycles. The van der Waals surface area contributed by atoms with E-state index in [9.17, 15) is 14.9 Å². The number of carbonyl (C=O) groups is 2. The number of nitrogens with one attached hydrogen (secondary N) is 3. The maximum Gasteiger partial charge on any atom is 0.254 e. The lowest BCUT2D eigenvalue weighted by atomic mass is 9.82. The van der Waals surface area contributed by atoms with Crippen LogP contribution in [0.5, 0.6) is 0 Å². The Bertz CT molecular complexity index is 1500. The Morgan fingerprint density at radius 2 is 1.63 bits per heavy atom. The minimum Gasteiger partial charge on any atom is -0.353 e. The third-order valence-electron chi connectivity index (χ3n) is 6.03. The lowest BCUT2D eigenvalue weighted by Crippen LogP contribution is -2.31. The Morgan fingerprint density at radius 1 is 0.947 bits per heavy atom.